The van der Waals surface area contributed by atoms with Gasteiger partial charge in [-0.05, 0) is 12.1 Å². The van der Waals surface area contributed by atoms with Crippen molar-refractivity contribution in [2.45, 2.75) is 0 Å². The number of rotatable bonds is 2. The van der Waals surface area contributed by atoms with Crippen LogP contribution in [0.4, 0.5) is 0 Å². The minimum atomic E-state index is -0.146. The Hall–Kier alpha value is -1.62. The Morgan fingerprint density at radius 3 is 3.07 bits per heavy atom. The van der Waals surface area contributed by atoms with Crippen LogP contribution >= 0.6 is 11.8 Å². The highest BCUT2D eigenvalue weighted by Gasteiger charge is 2.16. The maximum Gasteiger partial charge on any atom is 0.235 e. The second-order valence-corrected chi connectivity index (χ2v) is 3.97. The van der Waals surface area contributed by atoms with Crippen molar-refractivity contribution in [2.75, 3.05) is 5.75 Å². The van der Waals surface area contributed by atoms with E-state index in [-0.39, 0.29) is 11.7 Å². The third kappa shape index (κ3) is 2.44. The Morgan fingerprint density at radius 1 is 1.60 bits per heavy atom. The van der Waals surface area contributed by atoms with E-state index < -0.39 is 0 Å². The maximum atomic E-state index is 11.6. The van der Waals surface area contributed by atoms with Gasteiger partial charge in [-0.25, -0.2) is 0 Å². The highest BCUT2D eigenvalue weighted by molar-refractivity contribution is 8.04. The zero-order valence-electron chi connectivity index (χ0n) is 7.77. The lowest BCUT2D eigenvalue weighted by Gasteiger charge is -1.96. The molecule has 4 nitrogen and oxygen atoms in total. The van der Waals surface area contributed by atoms with Crippen LogP contribution in [0.3, 0.4) is 0 Å². The monoisotopic (exact) mass is 220 g/mol. The van der Waals surface area contributed by atoms with E-state index in [1.807, 2.05) is 0 Å². The number of hydrogen-bond donors (Lipinski definition) is 1. The molecule has 1 aromatic heterocycles. The highest BCUT2D eigenvalue weighted by Crippen LogP contribution is 2.19. The topological polar surface area (TPSA) is 59.1 Å². The number of nitrogens with zero attached hydrogens (tertiary/aromatic N) is 1. The molecule has 1 aliphatic heterocycles. The van der Waals surface area contributed by atoms with Gasteiger partial charge in [0.1, 0.15) is 0 Å². The van der Waals surface area contributed by atoms with Gasteiger partial charge < -0.3 is 5.32 Å². The summed E-state index contributed by atoms with van der Waals surface area (Å²) in [6.45, 7) is 0. The summed E-state index contributed by atoms with van der Waals surface area (Å²) >= 11 is 1.33. The lowest BCUT2D eigenvalue weighted by molar-refractivity contribution is -0.117. The average molecular weight is 220 g/mol. The molecule has 1 saturated heterocycles. The van der Waals surface area contributed by atoms with E-state index in [1.54, 1.807) is 18.3 Å². The van der Waals surface area contributed by atoms with Gasteiger partial charge in [0, 0.05) is 24.0 Å². The van der Waals surface area contributed by atoms with Crippen LogP contribution in [-0.2, 0) is 4.79 Å². The maximum absolute atomic E-state index is 11.6. The summed E-state index contributed by atoms with van der Waals surface area (Å²) in [5, 5.41) is 3.20. The van der Waals surface area contributed by atoms with Gasteiger partial charge in [-0.3, -0.25) is 14.6 Å². The number of aromatic nitrogens is 1. The molecule has 0 aromatic carbocycles. The lowest BCUT2D eigenvalue weighted by Crippen LogP contribution is -2.14. The molecule has 0 spiro atoms. The molecule has 2 heterocycles. The molecule has 2 rings (SSSR count). The van der Waals surface area contributed by atoms with E-state index in [2.05, 4.69) is 10.3 Å². The first kappa shape index (κ1) is 9.92. The van der Waals surface area contributed by atoms with Crippen molar-refractivity contribution in [2.24, 2.45) is 0 Å². The molecule has 76 valence electrons. The molecule has 0 bridgehead atoms. The van der Waals surface area contributed by atoms with E-state index in [1.165, 1.54) is 24.0 Å². The summed E-state index contributed by atoms with van der Waals surface area (Å²) in [4.78, 5) is 26.4. The Labute approximate surface area is 90.8 Å². The molecule has 5 heteroatoms. The van der Waals surface area contributed by atoms with Crippen LogP contribution in [-0.4, -0.2) is 22.4 Å². The van der Waals surface area contributed by atoms with Gasteiger partial charge in [0.2, 0.25) is 5.91 Å². The highest BCUT2D eigenvalue weighted by atomic mass is 32.2. The third-order valence-electron chi connectivity index (χ3n) is 1.83. The predicted octanol–water partition coefficient (Wildman–Crippen LogP) is 0.969. The average Bonchev–Trinajstić information content (AvgIpc) is 2.65. The number of amides is 1. The van der Waals surface area contributed by atoms with Gasteiger partial charge in [-0.2, -0.15) is 0 Å². The predicted molar refractivity (Wildman–Crippen MR) is 57.3 cm³/mol. The normalized spacial score (nSPS) is 17.9. The quantitative estimate of drug-likeness (QED) is 0.596. The zero-order valence-corrected chi connectivity index (χ0v) is 8.58. The van der Waals surface area contributed by atoms with Crippen LogP contribution in [0, 0.1) is 0 Å². The fourth-order valence-corrected chi connectivity index (χ4v) is 1.88. The molecule has 1 fully saturated rings. The number of allylic oxidation sites excluding steroid dienone is 1. The molecule has 0 radical (unpaired) electrons. The summed E-state index contributed by atoms with van der Waals surface area (Å²) in [5.41, 5.74) is 0.520. The van der Waals surface area contributed by atoms with Crippen molar-refractivity contribution < 1.29 is 9.59 Å². The first-order valence-corrected chi connectivity index (χ1v) is 5.33. The smallest absolute Gasteiger partial charge is 0.235 e. The fourth-order valence-electron chi connectivity index (χ4n) is 1.14. The van der Waals surface area contributed by atoms with Gasteiger partial charge in [0.25, 0.3) is 0 Å². The van der Waals surface area contributed by atoms with Crippen molar-refractivity contribution in [3.05, 3.63) is 41.2 Å². The first-order valence-electron chi connectivity index (χ1n) is 4.34. The molecule has 1 amide bonds. The Bertz CT molecular complexity index is 428. The molecule has 0 unspecified atom stereocenters. The Morgan fingerprint density at radius 2 is 2.47 bits per heavy atom. The van der Waals surface area contributed by atoms with E-state index in [9.17, 15) is 9.59 Å². The van der Waals surface area contributed by atoms with Crippen molar-refractivity contribution in [3.8, 4) is 0 Å². The summed E-state index contributed by atoms with van der Waals surface area (Å²) < 4.78 is 0. The number of thioether (sulfide) groups is 1. The Kier molecular flexibility index (Phi) is 2.82. The number of pyridine rings is 1. The Balaban J connectivity index is 2.13. The van der Waals surface area contributed by atoms with Crippen LogP contribution in [0.25, 0.3) is 0 Å². The van der Waals surface area contributed by atoms with Gasteiger partial charge in [-0.1, -0.05) is 11.8 Å². The molecular weight excluding hydrogens is 212 g/mol. The summed E-state index contributed by atoms with van der Waals surface area (Å²) in [5.74, 6) is 0.171. The van der Waals surface area contributed by atoms with Crippen LogP contribution in [0.2, 0.25) is 0 Å². The van der Waals surface area contributed by atoms with Crippen molar-refractivity contribution in [1.29, 1.82) is 0 Å². The van der Waals surface area contributed by atoms with Crippen molar-refractivity contribution in [3.63, 3.8) is 0 Å². The molecule has 1 aliphatic rings. The fraction of sp³-hybridized carbons (Fsp3) is 0.100. The van der Waals surface area contributed by atoms with Gasteiger partial charge in [-0.15, -0.1) is 0 Å². The minimum Gasteiger partial charge on any atom is -0.320 e. The molecule has 0 aliphatic carbocycles. The van der Waals surface area contributed by atoms with Crippen LogP contribution in [0.5, 0.6) is 0 Å². The van der Waals surface area contributed by atoms with Crippen LogP contribution in [0.1, 0.15) is 10.4 Å². The SMILES string of the molecule is O=C1CS/C(=C\C(=O)c2cccnc2)N1. The second kappa shape index (κ2) is 4.27. The molecule has 0 atom stereocenters. The molecule has 0 saturated carbocycles. The standard InChI is InChI=1S/C10H8N2O2S/c13-8(7-2-1-3-11-5-7)4-10-12-9(14)6-15-10/h1-5H,6H2,(H,12,14)/b10-4-. The number of nitrogens with one attached hydrogen (secondary N) is 1. The van der Waals surface area contributed by atoms with Crippen LogP contribution in [0.15, 0.2) is 35.6 Å². The molecule has 1 N–H and O–H groups in total. The van der Waals surface area contributed by atoms with Gasteiger partial charge in [0.05, 0.1) is 10.8 Å². The van der Waals surface area contributed by atoms with E-state index in [0.717, 1.165) is 0 Å². The number of carbonyl (C=O) groups is 2. The number of hydrogen-bond acceptors (Lipinski definition) is 4. The van der Waals surface area contributed by atoms with E-state index in [0.29, 0.717) is 16.3 Å². The second-order valence-electron chi connectivity index (χ2n) is 2.95. The number of carbonyl (C=O) groups excluding carboxylic acids is 2. The summed E-state index contributed by atoms with van der Waals surface area (Å²) in [6.07, 6.45) is 4.53. The summed E-state index contributed by atoms with van der Waals surface area (Å²) in [6, 6.07) is 3.39. The van der Waals surface area contributed by atoms with Crippen molar-refractivity contribution >= 4 is 23.5 Å². The minimum absolute atomic E-state index is 0.0646. The largest absolute Gasteiger partial charge is 0.320 e. The lowest BCUT2D eigenvalue weighted by atomic mass is 10.2. The first-order chi connectivity index (χ1) is 7.25. The van der Waals surface area contributed by atoms with E-state index >= 15 is 0 Å². The summed E-state index contributed by atoms with van der Waals surface area (Å²) in [7, 11) is 0. The van der Waals surface area contributed by atoms with Crippen LogP contribution < -0.4 is 5.32 Å². The molecule has 15 heavy (non-hydrogen) atoms. The number of ketones is 1. The molecule has 1 aromatic rings. The van der Waals surface area contributed by atoms with E-state index in [4.69, 9.17) is 0 Å². The third-order valence-corrected chi connectivity index (χ3v) is 2.77. The van der Waals surface area contributed by atoms with Crippen molar-refractivity contribution in [1.82, 2.24) is 10.3 Å². The zero-order chi connectivity index (χ0) is 10.7. The van der Waals surface area contributed by atoms with Gasteiger partial charge in [0.15, 0.2) is 5.78 Å². The molecular formula is C10H8N2O2S. The van der Waals surface area contributed by atoms with Gasteiger partial charge >= 0.3 is 0 Å².